The monoisotopic (exact) mass is 584 g/mol. The van der Waals surface area contributed by atoms with E-state index >= 15 is 0 Å². The summed E-state index contributed by atoms with van der Waals surface area (Å²) < 4.78 is 77.3. The third-order valence-electron chi connectivity index (χ3n) is 5.80. The van der Waals surface area contributed by atoms with Gasteiger partial charge in [0.1, 0.15) is 0 Å². The standard InChI is InChI=1S/C20H28N4O2.2C2HF3O2/c1-2-6-22-19(3-1)12-23-10-18(11-24-16-21-9-20(24)13-23)15-26-14-17-4-7-25-8-5-17;2*3-2(4,5)1(6)7/h1-3,6,9,16-18H,4-5,7-8,10-15H2;2*(H,6,7). The number of fused-ring (bicyclic) bond motifs is 1. The van der Waals surface area contributed by atoms with E-state index in [4.69, 9.17) is 29.3 Å². The number of imidazole rings is 1. The molecule has 2 N–H and O–H groups in total. The van der Waals surface area contributed by atoms with Crippen molar-refractivity contribution in [3.05, 3.63) is 48.3 Å². The van der Waals surface area contributed by atoms with Gasteiger partial charge < -0.3 is 24.3 Å². The zero-order valence-electron chi connectivity index (χ0n) is 21.3. The molecule has 1 fully saturated rings. The largest absolute Gasteiger partial charge is 0.490 e. The number of carboxylic acids is 2. The van der Waals surface area contributed by atoms with Gasteiger partial charge in [-0.1, -0.05) is 6.07 Å². The molecule has 0 aliphatic carbocycles. The van der Waals surface area contributed by atoms with Gasteiger partial charge in [0, 0.05) is 64.3 Å². The number of alkyl halides is 6. The quantitative estimate of drug-likeness (QED) is 0.490. The molecule has 2 aliphatic rings. The summed E-state index contributed by atoms with van der Waals surface area (Å²) >= 11 is 0. The summed E-state index contributed by atoms with van der Waals surface area (Å²) in [6.07, 6.45) is -2.11. The van der Waals surface area contributed by atoms with Crippen LogP contribution in [0, 0.1) is 11.8 Å². The van der Waals surface area contributed by atoms with E-state index in [0.717, 1.165) is 71.1 Å². The maximum absolute atomic E-state index is 10.6. The summed E-state index contributed by atoms with van der Waals surface area (Å²) in [5, 5.41) is 14.2. The first-order valence-corrected chi connectivity index (χ1v) is 12.1. The van der Waals surface area contributed by atoms with Gasteiger partial charge in [0.25, 0.3) is 0 Å². The van der Waals surface area contributed by atoms with E-state index in [1.807, 2.05) is 24.8 Å². The van der Waals surface area contributed by atoms with E-state index in [1.165, 1.54) is 5.69 Å². The van der Waals surface area contributed by atoms with Crippen molar-refractivity contribution in [1.29, 1.82) is 0 Å². The van der Waals surface area contributed by atoms with E-state index in [2.05, 4.69) is 31.6 Å². The molecular weight excluding hydrogens is 554 g/mol. The van der Waals surface area contributed by atoms with Crippen molar-refractivity contribution in [3.8, 4) is 0 Å². The molecule has 224 valence electrons. The lowest BCUT2D eigenvalue weighted by atomic mass is 10.0. The van der Waals surface area contributed by atoms with Crippen LogP contribution in [0.3, 0.4) is 0 Å². The molecule has 0 saturated carbocycles. The van der Waals surface area contributed by atoms with E-state index in [0.29, 0.717) is 11.8 Å². The van der Waals surface area contributed by atoms with Crippen LogP contribution in [0.1, 0.15) is 24.2 Å². The fraction of sp³-hybridized carbons (Fsp3) is 0.583. The number of nitrogens with zero attached hydrogens (tertiary/aromatic N) is 4. The third-order valence-corrected chi connectivity index (χ3v) is 5.80. The Hall–Kier alpha value is -3.24. The number of aliphatic carboxylic acids is 2. The average Bonchev–Trinajstić information content (AvgIpc) is 3.24. The molecule has 2 aromatic rings. The summed E-state index contributed by atoms with van der Waals surface area (Å²) in [5.41, 5.74) is 2.38. The number of carboxylic acid groups (broad SMARTS) is 2. The molecule has 1 saturated heterocycles. The zero-order chi connectivity index (χ0) is 29.8. The van der Waals surface area contributed by atoms with Crippen LogP contribution in [0.2, 0.25) is 0 Å². The Labute approximate surface area is 225 Å². The first-order chi connectivity index (χ1) is 18.8. The van der Waals surface area contributed by atoms with Crippen molar-refractivity contribution in [2.24, 2.45) is 11.8 Å². The van der Waals surface area contributed by atoms with Crippen LogP contribution in [0.5, 0.6) is 0 Å². The number of rotatable bonds is 6. The number of hydrogen-bond donors (Lipinski definition) is 2. The van der Waals surface area contributed by atoms with Gasteiger partial charge in [-0.25, -0.2) is 14.6 Å². The minimum absolute atomic E-state index is 0.467. The Morgan fingerprint density at radius 3 is 2.12 bits per heavy atom. The van der Waals surface area contributed by atoms with Gasteiger partial charge in [0.05, 0.1) is 24.3 Å². The number of aromatic nitrogens is 3. The van der Waals surface area contributed by atoms with E-state index < -0.39 is 24.3 Å². The summed E-state index contributed by atoms with van der Waals surface area (Å²) in [6.45, 7) is 7.19. The lowest BCUT2D eigenvalue weighted by molar-refractivity contribution is -0.193. The molecule has 1 atom stereocenters. The molecule has 0 bridgehead atoms. The number of hydrogen-bond acceptors (Lipinski definition) is 7. The maximum atomic E-state index is 10.6. The van der Waals surface area contributed by atoms with Crippen molar-refractivity contribution in [1.82, 2.24) is 19.4 Å². The van der Waals surface area contributed by atoms with Crippen molar-refractivity contribution >= 4 is 11.9 Å². The highest BCUT2D eigenvalue weighted by Gasteiger charge is 2.38. The van der Waals surface area contributed by atoms with Crippen LogP contribution >= 0.6 is 0 Å². The van der Waals surface area contributed by atoms with Gasteiger partial charge in [0.15, 0.2) is 0 Å². The predicted octanol–water partition coefficient (Wildman–Crippen LogP) is 3.62. The second-order valence-electron chi connectivity index (χ2n) is 9.09. The summed E-state index contributed by atoms with van der Waals surface area (Å²) in [4.78, 5) is 29.1. The smallest absolute Gasteiger partial charge is 0.475 e. The van der Waals surface area contributed by atoms with Crippen LogP contribution in [0.15, 0.2) is 36.9 Å². The van der Waals surface area contributed by atoms with E-state index in [1.54, 1.807) is 0 Å². The Morgan fingerprint density at radius 2 is 1.57 bits per heavy atom. The number of carbonyl (C=O) groups is 2. The topological polar surface area (TPSA) is 127 Å². The first-order valence-electron chi connectivity index (χ1n) is 12.1. The second kappa shape index (κ2) is 15.5. The van der Waals surface area contributed by atoms with Crippen LogP contribution in [-0.2, 0) is 38.7 Å². The zero-order valence-corrected chi connectivity index (χ0v) is 21.3. The molecule has 0 amide bonds. The van der Waals surface area contributed by atoms with Crippen LogP contribution in [0.4, 0.5) is 26.3 Å². The van der Waals surface area contributed by atoms with Crippen molar-refractivity contribution in [2.45, 2.75) is 44.8 Å². The van der Waals surface area contributed by atoms with E-state index in [-0.39, 0.29) is 0 Å². The molecular formula is C24H30F6N4O6. The van der Waals surface area contributed by atoms with Crippen LogP contribution in [0.25, 0.3) is 0 Å². The molecule has 0 spiro atoms. The minimum atomic E-state index is -5.08. The van der Waals surface area contributed by atoms with Gasteiger partial charge in [-0.05, 0) is 30.9 Å². The normalized spacial score (nSPS) is 18.3. The molecule has 0 aromatic carbocycles. The van der Waals surface area contributed by atoms with Gasteiger partial charge >= 0.3 is 24.3 Å². The third kappa shape index (κ3) is 12.3. The Balaban J connectivity index is 0.000000333. The summed E-state index contributed by atoms with van der Waals surface area (Å²) in [7, 11) is 0. The SMILES string of the molecule is O=C(O)C(F)(F)F.O=C(O)C(F)(F)F.c1ccc(CN2Cc3cncn3CC(COCC3CCOCC3)C2)nc1. The van der Waals surface area contributed by atoms with Crippen molar-refractivity contribution < 1.29 is 55.6 Å². The van der Waals surface area contributed by atoms with Crippen molar-refractivity contribution in [2.75, 3.05) is 33.0 Å². The molecule has 1 unspecified atom stereocenters. The van der Waals surface area contributed by atoms with Gasteiger partial charge in [-0.3, -0.25) is 9.88 Å². The molecule has 10 nitrogen and oxygen atoms in total. The van der Waals surface area contributed by atoms with Gasteiger partial charge in [-0.2, -0.15) is 26.3 Å². The molecule has 4 heterocycles. The fourth-order valence-electron chi connectivity index (χ4n) is 3.90. The highest BCUT2D eigenvalue weighted by atomic mass is 19.4. The highest BCUT2D eigenvalue weighted by Crippen LogP contribution is 2.20. The van der Waals surface area contributed by atoms with E-state index in [9.17, 15) is 26.3 Å². The summed E-state index contributed by atoms with van der Waals surface area (Å²) in [6, 6.07) is 6.12. The molecule has 4 rings (SSSR count). The number of pyridine rings is 1. The molecule has 2 aromatic heterocycles. The number of ether oxygens (including phenoxy) is 2. The highest BCUT2D eigenvalue weighted by molar-refractivity contribution is 5.73. The van der Waals surface area contributed by atoms with Gasteiger partial charge in [0.2, 0.25) is 0 Å². The Bertz CT molecular complexity index is 1020. The fourth-order valence-corrected chi connectivity index (χ4v) is 3.90. The summed E-state index contributed by atoms with van der Waals surface area (Å²) in [5.74, 6) is -4.39. The maximum Gasteiger partial charge on any atom is 0.490 e. The molecule has 0 radical (unpaired) electrons. The molecule has 2 aliphatic heterocycles. The molecule has 16 heteroatoms. The number of halogens is 6. The second-order valence-corrected chi connectivity index (χ2v) is 9.09. The Kier molecular flexibility index (Phi) is 12.8. The Morgan fingerprint density at radius 1 is 0.975 bits per heavy atom. The van der Waals surface area contributed by atoms with Crippen LogP contribution in [-0.4, -0.2) is 86.9 Å². The van der Waals surface area contributed by atoms with Gasteiger partial charge in [-0.15, -0.1) is 0 Å². The van der Waals surface area contributed by atoms with Crippen molar-refractivity contribution in [3.63, 3.8) is 0 Å². The molecule has 40 heavy (non-hydrogen) atoms. The van der Waals surface area contributed by atoms with Crippen LogP contribution < -0.4 is 0 Å². The minimum Gasteiger partial charge on any atom is -0.475 e. The lowest BCUT2D eigenvalue weighted by Gasteiger charge is -2.25. The lowest BCUT2D eigenvalue weighted by Crippen LogP contribution is -2.31. The predicted molar refractivity (Wildman–Crippen MR) is 126 cm³/mol. The first kappa shape index (κ1) is 33.0. The average molecular weight is 585 g/mol.